The fraction of sp³-hybridized carbons (Fsp3) is 0.538. The standard InChI is InChI=1S/C13H20ClN3O2/c1-4-17(5-2)8-9(3)16-12-11(14)10(13(18)19)6-7-15-12/h6-7,9H,4-5,8H2,1-3H3,(H,15,16)(H,18,19). The number of carboxylic acids is 1. The number of hydrogen-bond donors (Lipinski definition) is 2. The van der Waals surface area contributed by atoms with Crippen LogP contribution in [-0.4, -0.2) is 46.6 Å². The van der Waals surface area contributed by atoms with E-state index in [-0.39, 0.29) is 16.6 Å². The lowest BCUT2D eigenvalue weighted by Crippen LogP contribution is -2.35. The SMILES string of the molecule is CCN(CC)CC(C)Nc1nccc(C(=O)O)c1Cl. The zero-order valence-corrected chi connectivity index (χ0v) is 12.2. The number of likely N-dealkylation sites (N-methyl/N-ethyl adjacent to an activating group) is 1. The van der Waals surface area contributed by atoms with E-state index in [1.54, 1.807) is 0 Å². The highest BCUT2D eigenvalue weighted by molar-refractivity contribution is 6.35. The van der Waals surface area contributed by atoms with Crippen molar-refractivity contribution in [1.82, 2.24) is 9.88 Å². The van der Waals surface area contributed by atoms with Crippen molar-refractivity contribution in [3.05, 3.63) is 22.8 Å². The molecule has 1 aromatic heterocycles. The summed E-state index contributed by atoms with van der Waals surface area (Å²) in [5, 5.41) is 12.3. The molecule has 0 bridgehead atoms. The molecule has 0 aliphatic rings. The van der Waals surface area contributed by atoms with Crippen molar-refractivity contribution in [1.29, 1.82) is 0 Å². The zero-order valence-electron chi connectivity index (χ0n) is 11.5. The fourth-order valence-corrected chi connectivity index (χ4v) is 2.10. The lowest BCUT2D eigenvalue weighted by molar-refractivity contribution is 0.0697. The van der Waals surface area contributed by atoms with E-state index >= 15 is 0 Å². The Kier molecular flexibility index (Phi) is 6.05. The highest BCUT2D eigenvalue weighted by atomic mass is 35.5. The Bertz CT molecular complexity index is 436. The minimum absolute atomic E-state index is 0.0641. The molecule has 0 saturated carbocycles. The third-order valence-corrected chi connectivity index (χ3v) is 3.31. The molecule has 0 amide bonds. The molecule has 6 heteroatoms. The van der Waals surface area contributed by atoms with E-state index in [2.05, 4.69) is 29.0 Å². The topological polar surface area (TPSA) is 65.5 Å². The number of carboxylic acid groups (broad SMARTS) is 1. The van der Waals surface area contributed by atoms with Crippen LogP contribution in [0.15, 0.2) is 12.3 Å². The average Bonchev–Trinajstić information content (AvgIpc) is 2.38. The first-order valence-corrected chi connectivity index (χ1v) is 6.74. The van der Waals surface area contributed by atoms with Crippen LogP contribution in [0, 0.1) is 0 Å². The maximum atomic E-state index is 11.0. The molecular weight excluding hydrogens is 266 g/mol. The number of nitrogens with zero attached hydrogens (tertiary/aromatic N) is 2. The molecule has 0 spiro atoms. The second-order valence-corrected chi connectivity index (χ2v) is 4.74. The molecule has 2 N–H and O–H groups in total. The van der Waals surface area contributed by atoms with Crippen molar-refractivity contribution >= 4 is 23.4 Å². The van der Waals surface area contributed by atoms with Crippen molar-refractivity contribution < 1.29 is 9.90 Å². The van der Waals surface area contributed by atoms with Crippen molar-refractivity contribution in [3.8, 4) is 0 Å². The van der Waals surface area contributed by atoms with E-state index in [9.17, 15) is 4.79 Å². The number of rotatable bonds is 7. The molecular formula is C13H20ClN3O2. The van der Waals surface area contributed by atoms with Gasteiger partial charge in [-0.1, -0.05) is 25.4 Å². The molecule has 0 radical (unpaired) electrons. The summed E-state index contributed by atoms with van der Waals surface area (Å²) in [5.41, 5.74) is 0.0641. The van der Waals surface area contributed by atoms with Gasteiger partial charge in [0.15, 0.2) is 0 Å². The van der Waals surface area contributed by atoms with E-state index < -0.39 is 5.97 Å². The third-order valence-electron chi connectivity index (χ3n) is 2.93. The number of aromatic nitrogens is 1. The predicted octanol–water partition coefficient (Wildman–Crippen LogP) is 2.58. The summed E-state index contributed by atoms with van der Waals surface area (Å²) in [6.07, 6.45) is 1.45. The summed E-state index contributed by atoms with van der Waals surface area (Å²) < 4.78 is 0. The highest BCUT2D eigenvalue weighted by Crippen LogP contribution is 2.24. The number of nitrogens with one attached hydrogen (secondary N) is 1. The van der Waals surface area contributed by atoms with E-state index in [1.807, 2.05) is 6.92 Å². The lowest BCUT2D eigenvalue weighted by atomic mass is 10.2. The van der Waals surface area contributed by atoms with Gasteiger partial charge in [-0.05, 0) is 26.1 Å². The molecule has 106 valence electrons. The Morgan fingerprint density at radius 3 is 2.68 bits per heavy atom. The highest BCUT2D eigenvalue weighted by Gasteiger charge is 2.15. The van der Waals surface area contributed by atoms with Crippen molar-refractivity contribution in [3.63, 3.8) is 0 Å². The number of halogens is 1. The van der Waals surface area contributed by atoms with Crippen LogP contribution in [0.5, 0.6) is 0 Å². The second-order valence-electron chi connectivity index (χ2n) is 4.36. The van der Waals surface area contributed by atoms with Crippen molar-refractivity contribution in [2.45, 2.75) is 26.8 Å². The average molecular weight is 286 g/mol. The largest absolute Gasteiger partial charge is 0.478 e. The smallest absolute Gasteiger partial charge is 0.337 e. The molecule has 1 unspecified atom stereocenters. The van der Waals surface area contributed by atoms with Crippen LogP contribution in [0.4, 0.5) is 5.82 Å². The van der Waals surface area contributed by atoms with E-state index in [4.69, 9.17) is 16.7 Å². The summed E-state index contributed by atoms with van der Waals surface area (Å²) in [6.45, 7) is 9.02. The minimum atomic E-state index is -1.05. The van der Waals surface area contributed by atoms with E-state index in [0.29, 0.717) is 5.82 Å². The summed E-state index contributed by atoms with van der Waals surface area (Å²) in [6, 6.07) is 1.53. The van der Waals surface area contributed by atoms with E-state index in [0.717, 1.165) is 19.6 Å². The number of hydrogen-bond acceptors (Lipinski definition) is 4. The van der Waals surface area contributed by atoms with Gasteiger partial charge in [0.05, 0.1) is 10.6 Å². The first-order chi connectivity index (χ1) is 8.99. The first-order valence-electron chi connectivity index (χ1n) is 6.36. The molecule has 5 nitrogen and oxygen atoms in total. The Morgan fingerprint density at radius 2 is 2.16 bits per heavy atom. The lowest BCUT2D eigenvalue weighted by Gasteiger charge is -2.24. The quantitative estimate of drug-likeness (QED) is 0.806. The predicted molar refractivity (Wildman–Crippen MR) is 77.1 cm³/mol. The minimum Gasteiger partial charge on any atom is -0.478 e. The summed E-state index contributed by atoms with van der Waals surface area (Å²) in [5.74, 6) is -0.631. The Morgan fingerprint density at radius 1 is 1.53 bits per heavy atom. The number of anilines is 1. The van der Waals surface area contributed by atoms with Gasteiger partial charge < -0.3 is 15.3 Å². The monoisotopic (exact) mass is 285 g/mol. The summed E-state index contributed by atoms with van der Waals surface area (Å²) >= 11 is 6.03. The normalized spacial score (nSPS) is 12.5. The van der Waals surface area contributed by atoms with Crippen LogP contribution in [-0.2, 0) is 0 Å². The third kappa shape index (κ3) is 4.36. The maximum absolute atomic E-state index is 11.0. The van der Waals surface area contributed by atoms with Crippen LogP contribution >= 0.6 is 11.6 Å². The number of pyridine rings is 1. The van der Waals surface area contributed by atoms with Gasteiger partial charge in [0.25, 0.3) is 0 Å². The maximum Gasteiger partial charge on any atom is 0.337 e. The second kappa shape index (κ2) is 7.31. The molecule has 1 heterocycles. The molecule has 0 saturated heterocycles. The molecule has 1 rings (SSSR count). The van der Waals surface area contributed by atoms with Gasteiger partial charge >= 0.3 is 5.97 Å². The number of aromatic carboxylic acids is 1. The van der Waals surface area contributed by atoms with Gasteiger partial charge in [-0.25, -0.2) is 9.78 Å². The van der Waals surface area contributed by atoms with Crippen molar-refractivity contribution in [2.75, 3.05) is 25.0 Å². The van der Waals surface area contributed by atoms with E-state index in [1.165, 1.54) is 12.3 Å². The van der Waals surface area contributed by atoms with Gasteiger partial charge in [-0.15, -0.1) is 0 Å². The van der Waals surface area contributed by atoms with Crippen molar-refractivity contribution in [2.24, 2.45) is 0 Å². The van der Waals surface area contributed by atoms with Crippen LogP contribution in [0.1, 0.15) is 31.1 Å². The molecule has 1 atom stereocenters. The van der Waals surface area contributed by atoms with Gasteiger partial charge in [-0.3, -0.25) is 0 Å². The van der Waals surface area contributed by atoms with Crippen LogP contribution < -0.4 is 5.32 Å². The molecule has 0 aliphatic carbocycles. The Hall–Kier alpha value is -1.33. The molecule has 0 aromatic carbocycles. The molecule has 0 aliphatic heterocycles. The Labute approximate surface area is 118 Å². The Balaban J connectivity index is 2.77. The molecule has 0 fully saturated rings. The van der Waals surface area contributed by atoms with Gasteiger partial charge in [0.1, 0.15) is 5.82 Å². The summed E-state index contributed by atoms with van der Waals surface area (Å²) in [7, 11) is 0. The number of carbonyl (C=O) groups is 1. The van der Waals surface area contributed by atoms with Crippen LogP contribution in [0.2, 0.25) is 5.02 Å². The first kappa shape index (κ1) is 15.7. The molecule has 19 heavy (non-hydrogen) atoms. The zero-order chi connectivity index (χ0) is 14.4. The fourth-order valence-electron chi connectivity index (χ4n) is 1.86. The van der Waals surface area contributed by atoms with Crippen LogP contribution in [0.3, 0.4) is 0 Å². The molecule has 1 aromatic rings. The van der Waals surface area contributed by atoms with Gasteiger partial charge in [0, 0.05) is 18.8 Å². The van der Waals surface area contributed by atoms with Crippen LogP contribution in [0.25, 0.3) is 0 Å². The summed E-state index contributed by atoms with van der Waals surface area (Å²) in [4.78, 5) is 17.3. The van der Waals surface area contributed by atoms with Gasteiger partial charge in [-0.2, -0.15) is 0 Å². The van der Waals surface area contributed by atoms with Gasteiger partial charge in [0.2, 0.25) is 0 Å².